The lowest BCUT2D eigenvalue weighted by molar-refractivity contribution is -0.140. The average molecular weight is 344 g/mol. The van der Waals surface area contributed by atoms with Crippen molar-refractivity contribution in [2.75, 3.05) is 7.05 Å². The first kappa shape index (κ1) is 15.0. The summed E-state index contributed by atoms with van der Waals surface area (Å²) in [5, 5.41) is 2.07. The van der Waals surface area contributed by atoms with Crippen LogP contribution in [-0.4, -0.2) is 17.9 Å². The summed E-state index contributed by atoms with van der Waals surface area (Å²) in [6.07, 6.45) is 4.67. The molecule has 1 aromatic heterocycles. The molecule has 4 heteroatoms. The zero-order valence-electron chi connectivity index (χ0n) is 11.9. The molecule has 1 atom stereocenters. The minimum atomic E-state index is 0.152. The molecule has 0 saturated heterocycles. The highest BCUT2D eigenvalue weighted by Crippen LogP contribution is 2.41. The van der Waals surface area contributed by atoms with Gasteiger partial charge in [0.1, 0.15) is 0 Å². The first-order valence-corrected chi connectivity index (χ1v) is 8.55. The van der Waals surface area contributed by atoms with Crippen LogP contribution in [-0.2, 0) is 11.3 Å². The molecule has 0 bridgehead atoms. The summed E-state index contributed by atoms with van der Waals surface area (Å²) in [7, 11) is 1.93. The van der Waals surface area contributed by atoms with E-state index < -0.39 is 0 Å². The van der Waals surface area contributed by atoms with E-state index >= 15 is 0 Å². The topological polar surface area (TPSA) is 20.3 Å². The van der Waals surface area contributed by atoms with Gasteiger partial charge in [0.15, 0.2) is 0 Å². The van der Waals surface area contributed by atoms with Crippen LogP contribution in [0.1, 0.15) is 44.4 Å². The zero-order valence-corrected chi connectivity index (χ0v) is 14.3. The minimum Gasteiger partial charge on any atom is -0.340 e. The van der Waals surface area contributed by atoms with Crippen LogP contribution < -0.4 is 0 Å². The fourth-order valence-corrected chi connectivity index (χ4v) is 4.47. The van der Waals surface area contributed by atoms with Crippen molar-refractivity contribution in [2.45, 2.75) is 46.1 Å². The van der Waals surface area contributed by atoms with Gasteiger partial charge in [-0.15, -0.1) is 11.3 Å². The van der Waals surface area contributed by atoms with E-state index in [-0.39, 0.29) is 11.3 Å². The molecule has 1 unspecified atom stereocenters. The van der Waals surface area contributed by atoms with E-state index in [0.717, 1.165) is 17.4 Å². The van der Waals surface area contributed by atoms with E-state index in [1.807, 2.05) is 11.9 Å². The van der Waals surface area contributed by atoms with Crippen molar-refractivity contribution in [1.82, 2.24) is 4.90 Å². The van der Waals surface area contributed by atoms with E-state index in [4.69, 9.17) is 0 Å². The minimum absolute atomic E-state index is 0.152. The number of hydrogen-bond donors (Lipinski definition) is 0. The van der Waals surface area contributed by atoms with Crippen LogP contribution in [0.5, 0.6) is 0 Å². The highest BCUT2D eigenvalue weighted by Gasteiger charge is 2.38. The Balaban J connectivity index is 2.02. The number of thiophene rings is 1. The monoisotopic (exact) mass is 343 g/mol. The van der Waals surface area contributed by atoms with Gasteiger partial charge in [-0.1, -0.05) is 26.7 Å². The summed E-state index contributed by atoms with van der Waals surface area (Å²) in [5.41, 5.74) is 0.152. The van der Waals surface area contributed by atoms with Gasteiger partial charge in [0, 0.05) is 27.7 Å². The van der Waals surface area contributed by atoms with Crippen molar-refractivity contribution in [3.8, 4) is 0 Å². The SMILES string of the molecule is CN(Cc1cc(Br)cs1)C(=O)C1CCCCC1(C)C. The smallest absolute Gasteiger partial charge is 0.226 e. The third kappa shape index (κ3) is 3.60. The van der Waals surface area contributed by atoms with Crippen molar-refractivity contribution in [3.63, 3.8) is 0 Å². The molecule has 0 aliphatic heterocycles. The number of carbonyl (C=O) groups is 1. The molecule has 2 rings (SSSR count). The molecule has 1 fully saturated rings. The quantitative estimate of drug-likeness (QED) is 0.779. The highest BCUT2D eigenvalue weighted by atomic mass is 79.9. The van der Waals surface area contributed by atoms with Gasteiger partial charge in [0.05, 0.1) is 6.54 Å². The first-order chi connectivity index (χ1) is 8.90. The average Bonchev–Trinajstić information content (AvgIpc) is 2.73. The number of rotatable bonds is 3. The first-order valence-electron chi connectivity index (χ1n) is 6.88. The number of nitrogens with zero attached hydrogens (tertiary/aromatic N) is 1. The van der Waals surface area contributed by atoms with Crippen LogP contribution in [0.15, 0.2) is 15.9 Å². The van der Waals surface area contributed by atoms with Gasteiger partial charge >= 0.3 is 0 Å². The summed E-state index contributed by atoms with van der Waals surface area (Å²) in [5.74, 6) is 0.504. The van der Waals surface area contributed by atoms with E-state index in [1.165, 1.54) is 24.1 Å². The highest BCUT2D eigenvalue weighted by molar-refractivity contribution is 9.10. The molecule has 1 aromatic rings. The standard InChI is InChI=1S/C15H22BrNOS/c1-15(2)7-5-4-6-13(15)14(18)17(3)9-12-8-11(16)10-19-12/h8,10,13H,4-7,9H2,1-3H3. The lowest BCUT2D eigenvalue weighted by Gasteiger charge is -2.39. The fraction of sp³-hybridized carbons (Fsp3) is 0.667. The lowest BCUT2D eigenvalue weighted by atomic mass is 9.68. The van der Waals surface area contributed by atoms with Crippen molar-refractivity contribution in [1.29, 1.82) is 0 Å². The molecule has 1 heterocycles. The normalized spacial score (nSPS) is 22.2. The van der Waals surface area contributed by atoms with E-state index in [2.05, 4.69) is 41.2 Å². The molecule has 0 spiro atoms. The Morgan fingerprint density at radius 1 is 1.53 bits per heavy atom. The van der Waals surface area contributed by atoms with Crippen molar-refractivity contribution >= 4 is 33.2 Å². The Morgan fingerprint density at radius 3 is 2.84 bits per heavy atom. The van der Waals surface area contributed by atoms with Crippen LogP contribution in [0, 0.1) is 11.3 Å². The van der Waals surface area contributed by atoms with Crippen molar-refractivity contribution < 1.29 is 4.79 Å². The predicted octanol–water partition coefficient (Wildman–Crippen LogP) is 4.69. The Hall–Kier alpha value is -0.350. The Bertz CT molecular complexity index is 455. The maximum absolute atomic E-state index is 12.6. The van der Waals surface area contributed by atoms with Crippen molar-refractivity contribution in [3.05, 3.63) is 20.8 Å². The van der Waals surface area contributed by atoms with Gasteiger partial charge < -0.3 is 4.90 Å². The third-order valence-corrected chi connectivity index (χ3v) is 5.88. The number of halogens is 1. The van der Waals surface area contributed by atoms with E-state index in [1.54, 1.807) is 11.3 Å². The maximum atomic E-state index is 12.6. The molecule has 0 aromatic carbocycles. The van der Waals surface area contributed by atoms with E-state index in [0.29, 0.717) is 5.91 Å². The summed E-state index contributed by atoms with van der Waals surface area (Å²) in [4.78, 5) is 15.8. The second-order valence-electron chi connectivity index (χ2n) is 6.21. The summed E-state index contributed by atoms with van der Waals surface area (Å²) >= 11 is 5.16. The van der Waals surface area contributed by atoms with Gasteiger partial charge in [-0.05, 0) is 40.3 Å². The molecule has 1 aliphatic carbocycles. The Morgan fingerprint density at radius 2 is 2.26 bits per heavy atom. The largest absolute Gasteiger partial charge is 0.340 e. The van der Waals surface area contributed by atoms with Gasteiger partial charge in [0.2, 0.25) is 5.91 Å². The van der Waals surface area contributed by atoms with Gasteiger partial charge in [-0.2, -0.15) is 0 Å². The van der Waals surface area contributed by atoms with Crippen LogP contribution in [0.25, 0.3) is 0 Å². The molecule has 1 aliphatic rings. The number of amides is 1. The number of carbonyl (C=O) groups excluding carboxylic acids is 1. The lowest BCUT2D eigenvalue weighted by Crippen LogP contribution is -2.41. The van der Waals surface area contributed by atoms with Crippen LogP contribution >= 0.6 is 27.3 Å². The molecule has 1 saturated carbocycles. The van der Waals surface area contributed by atoms with Crippen LogP contribution in [0.3, 0.4) is 0 Å². The van der Waals surface area contributed by atoms with Crippen LogP contribution in [0.2, 0.25) is 0 Å². The Labute approximate surface area is 128 Å². The zero-order chi connectivity index (χ0) is 14.0. The number of hydrogen-bond acceptors (Lipinski definition) is 2. The van der Waals surface area contributed by atoms with Gasteiger partial charge in [0.25, 0.3) is 0 Å². The molecular formula is C15H22BrNOS. The maximum Gasteiger partial charge on any atom is 0.226 e. The summed E-state index contributed by atoms with van der Waals surface area (Å²) < 4.78 is 1.10. The summed E-state index contributed by atoms with van der Waals surface area (Å²) in [6, 6.07) is 2.10. The molecule has 0 N–H and O–H groups in total. The Kier molecular flexibility index (Phi) is 4.72. The second-order valence-corrected chi connectivity index (χ2v) is 8.12. The van der Waals surface area contributed by atoms with Gasteiger partial charge in [-0.3, -0.25) is 4.79 Å². The van der Waals surface area contributed by atoms with Crippen molar-refractivity contribution in [2.24, 2.45) is 11.3 Å². The predicted molar refractivity (Wildman–Crippen MR) is 84.2 cm³/mol. The molecule has 0 radical (unpaired) electrons. The van der Waals surface area contributed by atoms with Gasteiger partial charge in [-0.25, -0.2) is 0 Å². The molecule has 1 amide bonds. The summed E-state index contributed by atoms with van der Waals surface area (Å²) in [6.45, 7) is 5.20. The molecule has 106 valence electrons. The molecular weight excluding hydrogens is 322 g/mol. The fourth-order valence-electron chi connectivity index (χ4n) is 2.97. The second kappa shape index (κ2) is 5.96. The third-order valence-electron chi connectivity index (χ3n) is 4.20. The van der Waals surface area contributed by atoms with E-state index in [9.17, 15) is 4.79 Å². The molecule has 19 heavy (non-hydrogen) atoms. The van der Waals surface area contributed by atoms with Crippen LogP contribution in [0.4, 0.5) is 0 Å². The molecule has 2 nitrogen and oxygen atoms in total.